The molecule has 0 saturated carbocycles. The number of nitrogens with zero attached hydrogens (tertiary/aromatic N) is 1. The first kappa shape index (κ1) is 11.8. The maximum Gasteiger partial charge on any atom is 0.450 e. The van der Waals surface area contributed by atoms with Crippen molar-refractivity contribution >= 4 is 22.9 Å². The number of rotatable bonds is 3. The maximum atomic E-state index is 11.8. The molecule has 1 rings (SSSR count). The van der Waals surface area contributed by atoms with Gasteiger partial charge in [0.15, 0.2) is 10.8 Å². The molecular formula is C8H6F3NO2S. The summed E-state index contributed by atoms with van der Waals surface area (Å²) in [5.74, 6) is -2.93. The minimum atomic E-state index is -4.96. The van der Waals surface area contributed by atoms with Crippen LogP contribution in [-0.4, -0.2) is 22.7 Å². The molecule has 0 radical (unpaired) electrons. The molecule has 15 heavy (non-hydrogen) atoms. The molecule has 0 aliphatic heterocycles. The Hall–Kier alpha value is -1.24. The lowest BCUT2D eigenvalue weighted by Crippen LogP contribution is -2.25. The molecule has 0 unspecified atom stereocenters. The van der Waals surface area contributed by atoms with E-state index in [0.29, 0.717) is 5.69 Å². The third-order valence-corrected chi connectivity index (χ3v) is 2.50. The molecular weight excluding hydrogens is 231 g/mol. The molecule has 0 atom stereocenters. The smallest absolute Gasteiger partial charge is 0.291 e. The van der Waals surface area contributed by atoms with E-state index in [1.54, 1.807) is 6.92 Å². The molecule has 0 fully saturated rings. The Kier molecular flexibility index (Phi) is 3.23. The topological polar surface area (TPSA) is 47.0 Å². The Morgan fingerprint density at radius 2 is 2.07 bits per heavy atom. The van der Waals surface area contributed by atoms with Crippen molar-refractivity contribution < 1.29 is 22.8 Å². The van der Waals surface area contributed by atoms with Crippen LogP contribution < -0.4 is 0 Å². The van der Waals surface area contributed by atoms with E-state index >= 15 is 0 Å². The van der Waals surface area contributed by atoms with Gasteiger partial charge in [-0.25, -0.2) is 4.98 Å². The van der Waals surface area contributed by atoms with Gasteiger partial charge in [0, 0.05) is 11.1 Å². The molecule has 0 saturated heterocycles. The number of hydrogen-bond acceptors (Lipinski definition) is 4. The number of hydrogen-bond donors (Lipinski definition) is 0. The number of alkyl halides is 3. The van der Waals surface area contributed by atoms with Gasteiger partial charge in [-0.2, -0.15) is 13.2 Å². The summed E-state index contributed by atoms with van der Waals surface area (Å²) in [5, 5.41) is 1.47. The summed E-state index contributed by atoms with van der Waals surface area (Å²) in [5.41, 5.74) is 0.544. The monoisotopic (exact) mass is 237 g/mol. The van der Waals surface area contributed by atoms with Gasteiger partial charge in [0.05, 0.1) is 6.42 Å². The quantitative estimate of drug-likeness (QED) is 0.597. The average molecular weight is 237 g/mol. The number of thiazole rings is 1. The highest BCUT2D eigenvalue weighted by atomic mass is 32.1. The van der Waals surface area contributed by atoms with Gasteiger partial charge >= 0.3 is 6.18 Å². The Labute approximate surface area is 86.9 Å². The lowest BCUT2D eigenvalue weighted by Gasteiger charge is -2.02. The Balaban J connectivity index is 2.69. The number of aromatic nitrogens is 1. The van der Waals surface area contributed by atoms with E-state index in [9.17, 15) is 22.8 Å². The molecule has 1 aromatic heterocycles. The van der Waals surface area contributed by atoms with Crippen LogP contribution in [0.5, 0.6) is 0 Å². The van der Waals surface area contributed by atoms with Crippen LogP contribution in [0.15, 0.2) is 5.38 Å². The van der Waals surface area contributed by atoms with E-state index in [4.69, 9.17) is 0 Å². The molecule has 1 heterocycles. The van der Waals surface area contributed by atoms with Gasteiger partial charge in [-0.05, 0) is 6.92 Å². The van der Waals surface area contributed by atoms with Crippen LogP contribution in [-0.2, 0) is 4.79 Å². The van der Waals surface area contributed by atoms with Crippen LogP contribution >= 0.6 is 11.3 Å². The first-order valence-electron chi connectivity index (χ1n) is 3.86. The van der Waals surface area contributed by atoms with Gasteiger partial charge in [-0.1, -0.05) is 0 Å². The van der Waals surface area contributed by atoms with Crippen molar-refractivity contribution in [1.82, 2.24) is 4.98 Å². The van der Waals surface area contributed by atoms with E-state index in [-0.39, 0.29) is 5.01 Å². The van der Waals surface area contributed by atoms with Gasteiger partial charge in [0.1, 0.15) is 0 Å². The van der Waals surface area contributed by atoms with Crippen LogP contribution in [0.2, 0.25) is 0 Å². The third kappa shape index (κ3) is 3.12. The second-order valence-corrected chi connectivity index (χ2v) is 3.67. The van der Waals surface area contributed by atoms with Crippen molar-refractivity contribution in [3.8, 4) is 0 Å². The Morgan fingerprint density at radius 1 is 1.47 bits per heavy atom. The molecule has 0 bridgehead atoms. The molecule has 1 aromatic rings. The molecule has 0 amide bonds. The fourth-order valence-corrected chi connectivity index (χ4v) is 1.54. The molecule has 0 spiro atoms. The average Bonchev–Trinajstić information content (AvgIpc) is 2.50. The summed E-state index contributed by atoms with van der Waals surface area (Å²) in [6.45, 7) is 1.61. The Morgan fingerprint density at radius 3 is 2.47 bits per heavy atom. The van der Waals surface area contributed by atoms with E-state index in [0.717, 1.165) is 11.3 Å². The summed E-state index contributed by atoms with van der Waals surface area (Å²) in [6.07, 6.45) is -6.13. The van der Waals surface area contributed by atoms with Crippen LogP contribution in [0.4, 0.5) is 13.2 Å². The lowest BCUT2D eigenvalue weighted by molar-refractivity contribution is -0.170. The number of ketones is 2. The summed E-state index contributed by atoms with van der Waals surface area (Å²) < 4.78 is 35.4. The van der Waals surface area contributed by atoms with Crippen molar-refractivity contribution in [2.75, 3.05) is 0 Å². The van der Waals surface area contributed by atoms with E-state index in [2.05, 4.69) is 4.98 Å². The van der Waals surface area contributed by atoms with Crippen molar-refractivity contribution in [2.24, 2.45) is 0 Å². The molecule has 82 valence electrons. The number of carbonyl (C=O) groups excluding carboxylic acids is 2. The SMILES string of the molecule is Cc1csc(C(=O)CC(=O)C(F)(F)F)n1. The van der Waals surface area contributed by atoms with Crippen molar-refractivity contribution in [1.29, 1.82) is 0 Å². The maximum absolute atomic E-state index is 11.8. The zero-order valence-corrected chi connectivity index (χ0v) is 8.41. The molecule has 0 aromatic carbocycles. The van der Waals surface area contributed by atoms with Crippen molar-refractivity contribution in [3.63, 3.8) is 0 Å². The normalized spacial score (nSPS) is 11.5. The fraction of sp³-hybridized carbons (Fsp3) is 0.375. The van der Waals surface area contributed by atoms with Crippen molar-refractivity contribution in [2.45, 2.75) is 19.5 Å². The number of Topliss-reactive ketones (excluding diaryl/α,β-unsaturated/α-hetero) is 2. The zero-order chi connectivity index (χ0) is 11.6. The highest BCUT2D eigenvalue weighted by Crippen LogP contribution is 2.20. The van der Waals surface area contributed by atoms with Crippen LogP contribution in [0.25, 0.3) is 0 Å². The van der Waals surface area contributed by atoms with E-state index < -0.39 is 24.2 Å². The highest BCUT2D eigenvalue weighted by molar-refractivity contribution is 7.11. The van der Waals surface area contributed by atoms with E-state index in [1.807, 2.05) is 0 Å². The molecule has 0 N–H and O–H groups in total. The summed E-state index contributed by atoms with van der Waals surface area (Å²) in [7, 11) is 0. The van der Waals surface area contributed by atoms with Crippen LogP contribution in [0, 0.1) is 6.92 Å². The highest BCUT2D eigenvalue weighted by Gasteiger charge is 2.39. The standard InChI is InChI=1S/C8H6F3NO2S/c1-4-3-15-7(12-4)5(13)2-6(14)8(9,10)11/h3H,2H2,1H3. The summed E-state index contributed by atoms with van der Waals surface area (Å²) in [6, 6.07) is 0. The number of aryl methyl sites for hydroxylation is 1. The minimum Gasteiger partial charge on any atom is -0.291 e. The summed E-state index contributed by atoms with van der Waals surface area (Å²) in [4.78, 5) is 25.3. The number of carbonyl (C=O) groups is 2. The molecule has 3 nitrogen and oxygen atoms in total. The van der Waals surface area contributed by atoms with Gasteiger partial charge in [-0.15, -0.1) is 11.3 Å². The second kappa shape index (κ2) is 4.09. The molecule has 0 aliphatic carbocycles. The van der Waals surface area contributed by atoms with Gasteiger partial charge in [0.25, 0.3) is 0 Å². The lowest BCUT2D eigenvalue weighted by atomic mass is 10.2. The number of halogens is 3. The Bertz CT molecular complexity index is 397. The van der Waals surface area contributed by atoms with Crippen LogP contribution in [0.3, 0.4) is 0 Å². The minimum absolute atomic E-state index is 0.0647. The van der Waals surface area contributed by atoms with Gasteiger partial charge in [0.2, 0.25) is 5.78 Å². The predicted molar refractivity (Wildman–Crippen MR) is 46.9 cm³/mol. The molecule has 0 aliphatic rings. The third-order valence-electron chi connectivity index (χ3n) is 1.49. The van der Waals surface area contributed by atoms with E-state index in [1.165, 1.54) is 5.38 Å². The second-order valence-electron chi connectivity index (χ2n) is 2.81. The first-order valence-corrected chi connectivity index (χ1v) is 4.74. The predicted octanol–water partition coefficient (Wildman–Crippen LogP) is 2.16. The van der Waals surface area contributed by atoms with Gasteiger partial charge < -0.3 is 0 Å². The summed E-state index contributed by atoms with van der Waals surface area (Å²) >= 11 is 0.930. The van der Waals surface area contributed by atoms with Crippen LogP contribution in [0.1, 0.15) is 21.9 Å². The van der Waals surface area contributed by atoms with Crippen molar-refractivity contribution in [3.05, 3.63) is 16.1 Å². The fourth-order valence-electron chi connectivity index (χ4n) is 0.804. The first-order chi connectivity index (χ1) is 6.80. The largest absolute Gasteiger partial charge is 0.450 e. The van der Waals surface area contributed by atoms with Gasteiger partial charge in [-0.3, -0.25) is 9.59 Å². The molecule has 7 heteroatoms. The zero-order valence-electron chi connectivity index (χ0n) is 7.59.